The SMILES string of the molecule is CC(=O)Nc1ccc(C(=O)COC(=O)/C=C/c2ccc3c(c2)OCCO3)c(F)c1. The predicted octanol–water partition coefficient (Wildman–Crippen LogP) is 2.99. The number of rotatable bonds is 6. The van der Waals surface area contributed by atoms with Gasteiger partial charge in [0.05, 0.1) is 5.56 Å². The van der Waals surface area contributed by atoms with Gasteiger partial charge in [0.2, 0.25) is 11.7 Å². The lowest BCUT2D eigenvalue weighted by molar-refractivity contribution is -0.136. The molecule has 0 spiro atoms. The number of esters is 1. The minimum atomic E-state index is -0.816. The number of hydrogen-bond donors (Lipinski definition) is 1. The lowest BCUT2D eigenvalue weighted by Gasteiger charge is -2.18. The van der Waals surface area contributed by atoms with Crippen molar-refractivity contribution in [2.45, 2.75) is 6.92 Å². The summed E-state index contributed by atoms with van der Waals surface area (Å²) >= 11 is 0. The standard InChI is InChI=1S/C21H18FNO6/c1-13(24)23-15-4-5-16(17(22)11-15)18(25)12-29-21(26)7-3-14-2-6-19-20(10-14)28-9-8-27-19/h2-7,10-11H,8-9,12H2,1H3,(H,23,24)/b7-3+. The summed E-state index contributed by atoms with van der Waals surface area (Å²) in [5, 5.41) is 2.41. The van der Waals surface area contributed by atoms with Gasteiger partial charge in [-0.15, -0.1) is 0 Å². The first-order valence-electron chi connectivity index (χ1n) is 8.77. The number of carbonyl (C=O) groups excluding carboxylic acids is 3. The molecular weight excluding hydrogens is 381 g/mol. The third-order valence-electron chi connectivity index (χ3n) is 3.91. The lowest BCUT2D eigenvalue weighted by atomic mass is 10.1. The van der Waals surface area contributed by atoms with Crippen LogP contribution in [0.3, 0.4) is 0 Å². The van der Waals surface area contributed by atoms with Gasteiger partial charge in [-0.1, -0.05) is 6.07 Å². The molecular formula is C21H18FNO6. The molecule has 2 aromatic carbocycles. The van der Waals surface area contributed by atoms with Gasteiger partial charge in [0.15, 0.2) is 18.1 Å². The van der Waals surface area contributed by atoms with Crippen LogP contribution < -0.4 is 14.8 Å². The maximum Gasteiger partial charge on any atom is 0.331 e. The van der Waals surface area contributed by atoms with Crippen LogP contribution in [0.1, 0.15) is 22.8 Å². The van der Waals surface area contributed by atoms with Crippen molar-refractivity contribution in [2.24, 2.45) is 0 Å². The molecule has 8 heteroatoms. The van der Waals surface area contributed by atoms with E-state index in [0.29, 0.717) is 30.3 Å². The Hall–Kier alpha value is -3.68. The van der Waals surface area contributed by atoms with Crippen molar-refractivity contribution in [3.8, 4) is 11.5 Å². The fourth-order valence-corrected chi connectivity index (χ4v) is 2.61. The number of Topliss-reactive ketones (excluding diaryl/α,β-unsaturated/α-hetero) is 1. The van der Waals surface area contributed by atoms with E-state index in [4.69, 9.17) is 14.2 Å². The van der Waals surface area contributed by atoms with E-state index in [1.807, 2.05) is 0 Å². The third-order valence-corrected chi connectivity index (χ3v) is 3.91. The Kier molecular flexibility index (Phi) is 6.23. The summed E-state index contributed by atoms with van der Waals surface area (Å²) in [7, 11) is 0. The number of halogens is 1. The number of amides is 1. The van der Waals surface area contributed by atoms with Crippen molar-refractivity contribution < 1.29 is 33.0 Å². The molecule has 1 aliphatic heterocycles. The Morgan fingerprint density at radius 3 is 2.59 bits per heavy atom. The first kappa shape index (κ1) is 20.1. The molecule has 0 aromatic heterocycles. The minimum Gasteiger partial charge on any atom is -0.486 e. The highest BCUT2D eigenvalue weighted by molar-refractivity contribution is 5.99. The van der Waals surface area contributed by atoms with Gasteiger partial charge in [0.25, 0.3) is 0 Å². The molecule has 0 unspecified atom stereocenters. The molecule has 150 valence electrons. The predicted molar refractivity (Wildman–Crippen MR) is 102 cm³/mol. The second-order valence-corrected chi connectivity index (χ2v) is 6.14. The zero-order valence-corrected chi connectivity index (χ0v) is 15.6. The number of ketones is 1. The van der Waals surface area contributed by atoms with E-state index in [2.05, 4.69) is 5.32 Å². The van der Waals surface area contributed by atoms with Crippen LogP contribution in [0.4, 0.5) is 10.1 Å². The molecule has 0 atom stereocenters. The number of ether oxygens (including phenoxy) is 3. The van der Waals surface area contributed by atoms with Crippen LogP contribution in [0.15, 0.2) is 42.5 Å². The summed E-state index contributed by atoms with van der Waals surface area (Å²) in [6.07, 6.45) is 2.67. The molecule has 1 amide bonds. The van der Waals surface area contributed by atoms with Crippen molar-refractivity contribution >= 4 is 29.4 Å². The van der Waals surface area contributed by atoms with Gasteiger partial charge in [-0.2, -0.15) is 0 Å². The zero-order chi connectivity index (χ0) is 20.8. The van der Waals surface area contributed by atoms with E-state index >= 15 is 0 Å². The van der Waals surface area contributed by atoms with Gasteiger partial charge in [0.1, 0.15) is 19.0 Å². The van der Waals surface area contributed by atoms with E-state index in [1.165, 1.54) is 25.1 Å². The van der Waals surface area contributed by atoms with Crippen molar-refractivity contribution in [1.29, 1.82) is 0 Å². The molecule has 0 aliphatic carbocycles. The average molecular weight is 399 g/mol. The minimum absolute atomic E-state index is 0.228. The van der Waals surface area contributed by atoms with Crippen LogP contribution in [-0.4, -0.2) is 37.5 Å². The molecule has 0 saturated heterocycles. The molecule has 2 aromatic rings. The Morgan fingerprint density at radius 2 is 1.86 bits per heavy atom. The number of nitrogens with one attached hydrogen (secondary N) is 1. The van der Waals surface area contributed by atoms with E-state index in [9.17, 15) is 18.8 Å². The Bertz CT molecular complexity index is 985. The maximum atomic E-state index is 14.0. The van der Waals surface area contributed by atoms with Gasteiger partial charge in [-0.05, 0) is 42.0 Å². The first-order chi connectivity index (χ1) is 13.9. The molecule has 1 heterocycles. The van der Waals surface area contributed by atoms with Gasteiger partial charge in [-0.3, -0.25) is 9.59 Å². The van der Waals surface area contributed by atoms with E-state index in [-0.39, 0.29) is 17.2 Å². The summed E-state index contributed by atoms with van der Waals surface area (Å²) in [6, 6.07) is 8.83. The number of hydrogen-bond acceptors (Lipinski definition) is 6. The van der Waals surface area contributed by atoms with Crippen molar-refractivity contribution in [3.05, 3.63) is 59.4 Å². The fourth-order valence-electron chi connectivity index (χ4n) is 2.61. The molecule has 7 nitrogen and oxygen atoms in total. The van der Waals surface area contributed by atoms with Gasteiger partial charge >= 0.3 is 5.97 Å². The van der Waals surface area contributed by atoms with Gasteiger partial charge in [0, 0.05) is 18.7 Å². The zero-order valence-electron chi connectivity index (χ0n) is 15.6. The first-order valence-corrected chi connectivity index (χ1v) is 8.77. The van der Waals surface area contributed by atoms with Crippen LogP contribution in [0.2, 0.25) is 0 Å². The van der Waals surface area contributed by atoms with Gasteiger partial charge in [-0.25, -0.2) is 9.18 Å². The van der Waals surface area contributed by atoms with Crippen LogP contribution in [-0.2, 0) is 14.3 Å². The highest BCUT2D eigenvalue weighted by Crippen LogP contribution is 2.31. The number of benzene rings is 2. The van der Waals surface area contributed by atoms with Gasteiger partial charge < -0.3 is 19.5 Å². The Balaban J connectivity index is 1.55. The van der Waals surface area contributed by atoms with E-state index in [1.54, 1.807) is 18.2 Å². The second-order valence-electron chi connectivity index (χ2n) is 6.14. The number of fused-ring (bicyclic) bond motifs is 1. The fraction of sp³-hybridized carbons (Fsp3) is 0.190. The molecule has 0 fully saturated rings. The summed E-state index contributed by atoms with van der Waals surface area (Å²) < 4.78 is 29.8. The highest BCUT2D eigenvalue weighted by Gasteiger charge is 2.15. The Labute approximate surface area is 166 Å². The van der Waals surface area contributed by atoms with Crippen molar-refractivity contribution in [1.82, 2.24) is 0 Å². The Morgan fingerprint density at radius 1 is 1.10 bits per heavy atom. The quantitative estimate of drug-likeness (QED) is 0.456. The molecule has 29 heavy (non-hydrogen) atoms. The molecule has 1 aliphatic rings. The average Bonchev–Trinajstić information content (AvgIpc) is 2.70. The molecule has 0 radical (unpaired) electrons. The topological polar surface area (TPSA) is 90.9 Å². The van der Waals surface area contributed by atoms with Crippen LogP contribution >= 0.6 is 0 Å². The van der Waals surface area contributed by atoms with E-state index < -0.39 is 24.2 Å². The number of carbonyl (C=O) groups is 3. The summed E-state index contributed by atoms with van der Waals surface area (Å²) in [6.45, 7) is 1.61. The summed E-state index contributed by atoms with van der Waals surface area (Å²) in [5.41, 5.74) is 0.686. The van der Waals surface area contributed by atoms with Crippen LogP contribution in [0, 0.1) is 5.82 Å². The van der Waals surface area contributed by atoms with Crippen molar-refractivity contribution in [3.63, 3.8) is 0 Å². The summed E-state index contributed by atoms with van der Waals surface area (Å²) in [4.78, 5) is 34.9. The van der Waals surface area contributed by atoms with Crippen LogP contribution in [0.5, 0.6) is 11.5 Å². The smallest absolute Gasteiger partial charge is 0.331 e. The van der Waals surface area contributed by atoms with Crippen LogP contribution in [0.25, 0.3) is 6.08 Å². The summed E-state index contributed by atoms with van der Waals surface area (Å²) in [5.74, 6) is -1.40. The monoisotopic (exact) mass is 399 g/mol. The van der Waals surface area contributed by atoms with E-state index in [0.717, 1.165) is 12.1 Å². The molecule has 0 bridgehead atoms. The third kappa shape index (κ3) is 5.41. The maximum absolute atomic E-state index is 14.0. The highest BCUT2D eigenvalue weighted by atomic mass is 19.1. The molecule has 1 N–H and O–H groups in total. The molecule has 0 saturated carbocycles. The number of anilines is 1. The lowest BCUT2D eigenvalue weighted by Crippen LogP contribution is -2.15. The second kappa shape index (κ2) is 9.01. The molecule has 3 rings (SSSR count). The normalized spacial score (nSPS) is 12.5. The van der Waals surface area contributed by atoms with Crippen molar-refractivity contribution in [2.75, 3.05) is 25.1 Å². The largest absolute Gasteiger partial charge is 0.486 e.